The van der Waals surface area contributed by atoms with Crippen molar-refractivity contribution in [3.8, 4) is 6.01 Å². The summed E-state index contributed by atoms with van der Waals surface area (Å²) < 4.78 is 4.99. The molecule has 2 aromatic rings. The van der Waals surface area contributed by atoms with Crippen molar-refractivity contribution in [3.05, 3.63) is 28.2 Å². The zero-order valence-electron chi connectivity index (χ0n) is 10.2. The molecule has 0 saturated heterocycles. The lowest BCUT2D eigenvalue weighted by Crippen LogP contribution is -2.05. The van der Waals surface area contributed by atoms with Gasteiger partial charge in [0.15, 0.2) is 0 Å². The Balaban J connectivity index is 2.34. The third kappa shape index (κ3) is 3.36. The zero-order chi connectivity index (χ0) is 13.8. The molecule has 0 saturated carbocycles. The largest absolute Gasteiger partial charge is 0.467 e. The number of aromatic nitrogens is 3. The fourth-order valence-electron chi connectivity index (χ4n) is 1.33. The molecular weight excluding hydrogens is 289 g/mol. The summed E-state index contributed by atoms with van der Waals surface area (Å²) in [5.74, 6) is 0.688. The Morgan fingerprint density at radius 3 is 2.53 bits per heavy atom. The molecule has 0 atom stereocenters. The minimum Gasteiger partial charge on any atom is -0.467 e. The smallest absolute Gasteiger partial charge is 0.322 e. The maximum Gasteiger partial charge on any atom is 0.322 e. The minimum atomic E-state index is 0.194. The van der Waals surface area contributed by atoms with Gasteiger partial charge in [0, 0.05) is 12.1 Å². The van der Waals surface area contributed by atoms with E-state index in [9.17, 15) is 0 Å². The average Bonchev–Trinajstić information content (AvgIpc) is 2.42. The highest BCUT2D eigenvalue weighted by Crippen LogP contribution is 2.27. The maximum absolute atomic E-state index is 6.05. The van der Waals surface area contributed by atoms with E-state index in [-0.39, 0.29) is 6.01 Å². The molecule has 0 aliphatic heterocycles. The summed E-state index contributed by atoms with van der Waals surface area (Å²) in [4.78, 5) is 12.2. The Labute approximate surface area is 120 Å². The topological polar surface area (TPSA) is 72.0 Å². The van der Waals surface area contributed by atoms with Crippen LogP contribution < -0.4 is 15.4 Å². The highest BCUT2D eigenvalue weighted by molar-refractivity contribution is 6.35. The number of anilines is 3. The van der Waals surface area contributed by atoms with Gasteiger partial charge in [0.2, 0.25) is 11.9 Å². The quantitative estimate of drug-likeness (QED) is 0.904. The van der Waals surface area contributed by atoms with Gasteiger partial charge >= 0.3 is 6.01 Å². The van der Waals surface area contributed by atoms with Crippen molar-refractivity contribution in [1.29, 1.82) is 0 Å². The van der Waals surface area contributed by atoms with Gasteiger partial charge in [0.05, 0.1) is 17.8 Å². The zero-order valence-corrected chi connectivity index (χ0v) is 11.7. The minimum absolute atomic E-state index is 0.194. The number of nitrogens with zero attached hydrogens (tertiary/aromatic N) is 3. The molecule has 100 valence electrons. The van der Waals surface area contributed by atoms with Crippen molar-refractivity contribution in [2.24, 2.45) is 0 Å². The van der Waals surface area contributed by atoms with Gasteiger partial charge in [-0.15, -0.1) is 0 Å². The molecule has 0 aliphatic rings. The third-order valence-electron chi connectivity index (χ3n) is 2.20. The molecule has 19 heavy (non-hydrogen) atoms. The summed E-state index contributed by atoms with van der Waals surface area (Å²) in [6.07, 6.45) is 0. The van der Waals surface area contributed by atoms with Crippen LogP contribution in [-0.2, 0) is 0 Å². The highest BCUT2D eigenvalue weighted by atomic mass is 35.5. The van der Waals surface area contributed by atoms with Crippen LogP contribution in [0.2, 0.25) is 10.0 Å². The molecule has 8 heteroatoms. The lowest BCUT2D eigenvalue weighted by atomic mass is 10.3. The van der Waals surface area contributed by atoms with Gasteiger partial charge < -0.3 is 15.4 Å². The summed E-state index contributed by atoms with van der Waals surface area (Å²) in [7, 11) is 3.18. The first-order valence-electron chi connectivity index (χ1n) is 5.32. The lowest BCUT2D eigenvalue weighted by Gasteiger charge is -2.09. The van der Waals surface area contributed by atoms with E-state index in [2.05, 4.69) is 25.6 Å². The summed E-state index contributed by atoms with van der Waals surface area (Å²) in [6, 6.07) is 5.25. The van der Waals surface area contributed by atoms with Gasteiger partial charge in [-0.05, 0) is 18.2 Å². The Bertz CT molecular complexity index is 571. The van der Waals surface area contributed by atoms with E-state index in [1.54, 1.807) is 25.2 Å². The van der Waals surface area contributed by atoms with Crippen molar-refractivity contribution in [3.63, 3.8) is 0 Å². The van der Waals surface area contributed by atoms with Crippen molar-refractivity contribution >= 4 is 40.8 Å². The maximum atomic E-state index is 6.05. The molecule has 6 nitrogen and oxygen atoms in total. The van der Waals surface area contributed by atoms with E-state index in [1.165, 1.54) is 7.11 Å². The second-order valence-electron chi connectivity index (χ2n) is 3.47. The molecule has 0 spiro atoms. The summed E-state index contributed by atoms with van der Waals surface area (Å²) in [5.41, 5.74) is 0.601. The van der Waals surface area contributed by atoms with Gasteiger partial charge in [-0.1, -0.05) is 23.2 Å². The first kappa shape index (κ1) is 13.6. The summed E-state index contributed by atoms with van der Waals surface area (Å²) in [5, 5.41) is 6.84. The number of ether oxygens (including phenoxy) is 1. The molecule has 0 aliphatic carbocycles. The van der Waals surface area contributed by atoms with E-state index in [4.69, 9.17) is 27.9 Å². The molecule has 2 rings (SSSR count). The number of nitrogens with one attached hydrogen (secondary N) is 2. The van der Waals surface area contributed by atoms with Crippen LogP contribution in [0.3, 0.4) is 0 Å². The van der Waals surface area contributed by atoms with Crippen LogP contribution in [0.5, 0.6) is 6.01 Å². The molecule has 1 heterocycles. The van der Waals surface area contributed by atoms with E-state index in [0.717, 1.165) is 0 Å². The molecule has 0 unspecified atom stereocenters. The first-order chi connectivity index (χ1) is 9.12. The fraction of sp³-hybridized carbons (Fsp3) is 0.182. The monoisotopic (exact) mass is 299 g/mol. The predicted molar refractivity (Wildman–Crippen MR) is 75.7 cm³/mol. The average molecular weight is 300 g/mol. The van der Waals surface area contributed by atoms with Crippen LogP contribution in [-0.4, -0.2) is 29.1 Å². The van der Waals surface area contributed by atoms with E-state index in [0.29, 0.717) is 27.6 Å². The second kappa shape index (κ2) is 5.90. The molecule has 0 amide bonds. The number of halogens is 2. The number of hydrogen-bond donors (Lipinski definition) is 2. The van der Waals surface area contributed by atoms with Gasteiger partial charge in [0.25, 0.3) is 0 Å². The molecule has 0 fully saturated rings. The molecule has 0 radical (unpaired) electrons. The third-order valence-corrected chi connectivity index (χ3v) is 2.76. The van der Waals surface area contributed by atoms with Crippen molar-refractivity contribution < 1.29 is 4.74 Å². The summed E-state index contributed by atoms with van der Waals surface area (Å²) in [6.45, 7) is 0. The number of benzene rings is 1. The van der Waals surface area contributed by atoms with Crippen LogP contribution in [0.1, 0.15) is 0 Å². The fourth-order valence-corrected chi connectivity index (χ4v) is 1.67. The number of methoxy groups -OCH3 is 1. The van der Waals surface area contributed by atoms with Crippen LogP contribution >= 0.6 is 23.2 Å². The first-order valence-corrected chi connectivity index (χ1v) is 6.08. The van der Waals surface area contributed by atoms with Crippen molar-refractivity contribution in [2.45, 2.75) is 0 Å². The van der Waals surface area contributed by atoms with Crippen LogP contribution in [0.25, 0.3) is 0 Å². The van der Waals surface area contributed by atoms with Gasteiger partial charge in [-0.3, -0.25) is 0 Å². The van der Waals surface area contributed by atoms with Crippen LogP contribution in [0.15, 0.2) is 18.2 Å². The molecule has 1 aromatic heterocycles. The van der Waals surface area contributed by atoms with E-state index in [1.807, 2.05) is 0 Å². The second-order valence-corrected chi connectivity index (χ2v) is 4.31. The Morgan fingerprint density at radius 2 is 1.84 bits per heavy atom. The standard InChI is InChI=1S/C11H11Cl2N5O/c1-14-9-16-10(18-11(17-9)19-2)15-8-5-6(12)3-4-7(8)13/h3-5H,1-2H3,(H2,14,15,16,17,18). The Kier molecular flexibility index (Phi) is 4.24. The van der Waals surface area contributed by atoms with Crippen molar-refractivity contribution in [1.82, 2.24) is 15.0 Å². The molecule has 2 N–H and O–H groups in total. The Morgan fingerprint density at radius 1 is 1.11 bits per heavy atom. The van der Waals surface area contributed by atoms with Gasteiger partial charge in [-0.2, -0.15) is 15.0 Å². The predicted octanol–water partition coefficient (Wildman–Crippen LogP) is 2.97. The van der Waals surface area contributed by atoms with Crippen LogP contribution in [0.4, 0.5) is 17.6 Å². The van der Waals surface area contributed by atoms with Crippen LogP contribution in [0, 0.1) is 0 Å². The van der Waals surface area contributed by atoms with Crippen molar-refractivity contribution in [2.75, 3.05) is 24.8 Å². The molecule has 0 bridgehead atoms. The van der Waals surface area contributed by atoms with E-state index < -0.39 is 0 Å². The number of rotatable bonds is 4. The van der Waals surface area contributed by atoms with Gasteiger partial charge in [-0.25, -0.2) is 0 Å². The normalized spacial score (nSPS) is 10.1. The Hall–Kier alpha value is -1.79. The molecule has 1 aromatic carbocycles. The lowest BCUT2D eigenvalue weighted by molar-refractivity contribution is 0.379. The van der Waals surface area contributed by atoms with E-state index >= 15 is 0 Å². The highest BCUT2D eigenvalue weighted by Gasteiger charge is 2.08. The molecular formula is C11H11Cl2N5O. The number of hydrogen-bond acceptors (Lipinski definition) is 6. The summed E-state index contributed by atoms with van der Waals surface area (Å²) >= 11 is 12.0. The SMILES string of the molecule is CNc1nc(Nc2cc(Cl)ccc2Cl)nc(OC)n1. The van der Waals surface area contributed by atoms with Gasteiger partial charge in [0.1, 0.15) is 0 Å².